The largest absolute Gasteiger partial charge is 0.424 e. The zero-order chi connectivity index (χ0) is 17.4. The van der Waals surface area contributed by atoms with E-state index in [0.29, 0.717) is 16.1 Å². The Bertz CT molecular complexity index is 964. The highest BCUT2D eigenvalue weighted by Gasteiger charge is 2.23. The van der Waals surface area contributed by atoms with Gasteiger partial charge in [-0.05, 0) is 36.4 Å². The number of rotatable bonds is 3. The molecule has 0 radical (unpaired) electrons. The van der Waals surface area contributed by atoms with Crippen LogP contribution in [-0.4, -0.2) is 16.7 Å². The zero-order valence-electron chi connectivity index (χ0n) is 12.3. The van der Waals surface area contributed by atoms with E-state index in [0.717, 1.165) is 6.07 Å². The van der Waals surface area contributed by atoms with Crippen molar-refractivity contribution in [2.75, 3.05) is 0 Å². The molecule has 1 aromatic heterocycles. The first kappa shape index (κ1) is 16.5. The molecular weight excluding hydrogens is 356 g/mol. The molecule has 0 aliphatic carbocycles. The monoisotopic (exact) mass is 365 g/mol. The third kappa shape index (κ3) is 3.00. The summed E-state index contributed by atoms with van der Waals surface area (Å²) in [6.07, 6.45) is 0. The minimum absolute atomic E-state index is 0.0317. The van der Waals surface area contributed by atoms with Crippen molar-refractivity contribution in [3.63, 3.8) is 0 Å². The van der Waals surface area contributed by atoms with Gasteiger partial charge >= 0.3 is 5.97 Å². The number of esters is 1. The molecule has 0 spiro atoms. The maximum atomic E-state index is 13.8. The molecule has 1 N–H and O–H groups in total. The van der Waals surface area contributed by atoms with E-state index in [4.69, 9.17) is 27.9 Å². The van der Waals surface area contributed by atoms with Crippen LogP contribution in [0.2, 0.25) is 10.0 Å². The maximum absolute atomic E-state index is 13.8. The van der Waals surface area contributed by atoms with Crippen LogP contribution in [0.25, 0.3) is 10.9 Å². The number of carbonyl (C=O) groups excluding carboxylic acids is 2. The molecule has 122 valence electrons. The fourth-order valence-corrected chi connectivity index (χ4v) is 2.61. The normalized spacial score (nSPS) is 10.8. The number of carbonyl (C=O) groups is 2. The van der Waals surface area contributed by atoms with Gasteiger partial charge in [0.2, 0.25) is 5.78 Å². The van der Waals surface area contributed by atoms with E-state index < -0.39 is 17.6 Å². The van der Waals surface area contributed by atoms with Crippen molar-refractivity contribution in [1.29, 1.82) is 0 Å². The highest BCUT2D eigenvalue weighted by Crippen LogP contribution is 2.34. The van der Waals surface area contributed by atoms with Crippen molar-refractivity contribution in [3.8, 4) is 5.75 Å². The Kier molecular flexibility index (Phi) is 4.30. The lowest BCUT2D eigenvalue weighted by molar-refractivity contribution is -0.131. The fraction of sp³-hybridized carbons (Fsp3) is 0.0588. The van der Waals surface area contributed by atoms with E-state index >= 15 is 0 Å². The number of aromatic nitrogens is 1. The summed E-state index contributed by atoms with van der Waals surface area (Å²) in [4.78, 5) is 26.9. The van der Waals surface area contributed by atoms with Crippen LogP contribution in [-0.2, 0) is 4.79 Å². The predicted octanol–water partition coefficient (Wildman–Crippen LogP) is 4.77. The summed E-state index contributed by atoms with van der Waals surface area (Å²) in [7, 11) is 0. The molecule has 0 aliphatic rings. The Labute approximate surface area is 146 Å². The molecule has 0 aliphatic heterocycles. The smallest absolute Gasteiger partial charge is 0.308 e. The lowest BCUT2D eigenvalue weighted by atomic mass is 10.1. The summed E-state index contributed by atoms with van der Waals surface area (Å²) in [5.74, 6) is -1.76. The lowest BCUT2D eigenvalue weighted by Gasteiger charge is -2.04. The van der Waals surface area contributed by atoms with Crippen LogP contribution < -0.4 is 4.74 Å². The number of H-pyrrole nitrogens is 1. The van der Waals surface area contributed by atoms with Crippen LogP contribution in [0.4, 0.5) is 4.39 Å². The average molecular weight is 366 g/mol. The van der Waals surface area contributed by atoms with Gasteiger partial charge in [-0.15, -0.1) is 0 Å². The Balaban J connectivity index is 2.20. The highest BCUT2D eigenvalue weighted by molar-refractivity contribution is 6.31. The molecule has 1 heterocycles. The molecule has 0 saturated heterocycles. The van der Waals surface area contributed by atoms with Crippen molar-refractivity contribution < 1.29 is 18.7 Å². The number of hydrogen-bond acceptors (Lipinski definition) is 3. The summed E-state index contributed by atoms with van der Waals surface area (Å²) in [6, 6.07) is 8.67. The maximum Gasteiger partial charge on any atom is 0.308 e. The molecule has 0 unspecified atom stereocenters. The summed E-state index contributed by atoms with van der Waals surface area (Å²) in [5.41, 5.74) is 0.755. The molecule has 3 aromatic rings. The Morgan fingerprint density at radius 3 is 2.42 bits per heavy atom. The minimum Gasteiger partial charge on any atom is -0.424 e. The third-order valence-corrected chi connectivity index (χ3v) is 3.91. The molecule has 2 aromatic carbocycles. The lowest BCUT2D eigenvalue weighted by Crippen LogP contribution is -2.08. The standard InChI is InChI=1S/C17H10Cl2FNO3/c1-8(22)24-17-11-6-13(20)12(19)7-14(11)21-15(17)16(23)9-2-4-10(18)5-3-9/h2-7,21H,1H3. The average Bonchev–Trinajstić information content (AvgIpc) is 2.85. The number of hydrogen-bond donors (Lipinski definition) is 1. The number of benzene rings is 2. The van der Waals surface area contributed by atoms with Gasteiger partial charge < -0.3 is 9.72 Å². The van der Waals surface area contributed by atoms with Crippen LogP contribution >= 0.6 is 23.2 Å². The quantitative estimate of drug-likeness (QED) is 0.537. The van der Waals surface area contributed by atoms with Gasteiger partial charge in [0.05, 0.1) is 10.5 Å². The van der Waals surface area contributed by atoms with Crippen LogP contribution in [0.3, 0.4) is 0 Å². The molecule has 7 heteroatoms. The van der Waals surface area contributed by atoms with Crippen molar-refractivity contribution >= 4 is 45.9 Å². The van der Waals surface area contributed by atoms with Gasteiger partial charge in [0.25, 0.3) is 0 Å². The number of aromatic amines is 1. The molecule has 3 rings (SSSR count). The Morgan fingerprint density at radius 2 is 1.79 bits per heavy atom. The van der Waals surface area contributed by atoms with E-state index in [1.165, 1.54) is 13.0 Å². The predicted molar refractivity (Wildman–Crippen MR) is 89.5 cm³/mol. The molecule has 0 saturated carbocycles. The Hall–Kier alpha value is -2.37. The molecule has 4 nitrogen and oxygen atoms in total. The van der Waals surface area contributed by atoms with Crippen LogP contribution in [0.5, 0.6) is 5.75 Å². The molecule has 0 bridgehead atoms. The third-order valence-electron chi connectivity index (χ3n) is 3.37. The summed E-state index contributed by atoms with van der Waals surface area (Å²) < 4.78 is 18.9. The topological polar surface area (TPSA) is 59.2 Å². The van der Waals surface area contributed by atoms with E-state index in [1.54, 1.807) is 24.3 Å². The Morgan fingerprint density at radius 1 is 1.12 bits per heavy atom. The van der Waals surface area contributed by atoms with E-state index in [1.807, 2.05) is 0 Å². The van der Waals surface area contributed by atoms with Gasteiger partial charge in [-0.25, -0.2) is 4.39 Å². The summed E-state index contributed by atoms with van der Waals surface area (Å²) >= 11 is 11.6. The molecular formula is C17H10Cl2FNO3. The fourth-order valence-electron chi connectivity index (χ4n) is 2.32. The first-order chi connectivity index (χ1) is 11.4. The number of ketones is 1. The number of halogens is 3. The van der Waals surface area contributed by atoms with Gasteiger partial charge in [0.1, 0.15) is 11.5 Å². The van der Waals surface area contributed by atoms with E-state index in [-0.39, 0.29) is 21.9 Å². The molecule has 24 heavy (non-hydrogen) atoms. The van der Waals surface area contributed by atoms with Crippen LogP contribution in [0, 0.1) is 5.82 Å². The zero-order valence-corrected chi connectivity index (χ0v) is 13.8. The second kappa shape index (κ2) is 6.26. The SMILES string of the molecule is CC(=O)Oc1c(C(=O)c2ccc(Cl)cc2)[nH]c2cc(Cl)c(F)cc12. The van der Waals surface area contributed by atoms with Gasteiger partial charge in [0.15, 0.2) is 5.75 Å². The minimum atomic E-state index is -0.679. The number of nitrogens with one attached hydrogen (secondary N) is 1. The van der Waals surface area contributed by atoms with Crippen molar-refractivity contribution in [1.82, 2.24) is 4.98 Å². The van der Waals surface area contributed by atoms with Crippen molar-refractivity contribution in [3.05, 3.63) is 63.5 Å². The first-order valence-electron chi connectivity index (χ1n) is 6.86. The number of fused-ring (bicyclic) bond motifs is 1. The summed E-state index contributed by atoms with van der Waals surface area (Å²) in [5, 5.41) is 0.630. The van der Waals surface area contributed by atoms with Gasteiger partial charge in [-0.2, -0.15) is 0 Å². The van der Waals surface area contributed by atoms with Crippen LogP contribution in [0.1, 0.15) is 23.0 Å². The second-order valence-electron chi connectivity index (χ2n) is 5.07. The van der Waals surface area contributed by atoms with Gasteiger partial charge in [-0.3, -0.25) is 9.59 Å². The van der Waals surface area contributed by atoms with E-state index in [2.05, 4.69) is 4.98 Å². The highest BCUT2D eigenvalue weighted by atomic mass is 35.5. The van der Waals surface area contributed by atoms with Crippen molar-refractivity contribution in [2.45, 2.75) is 6.92 Å². The molecule has 0 fully saturated rings. The summed E-state index contributed by atoms with van der Waals surface area (Å²) in [6.45, 7) is 1.20. The van der Waals surface area contributed by atoms with Gasteiger partial charge in [0, 0.05) is 22.9 Å². The van der Waals surface area contributed by atoms with Gasteiger partial charge in [-0.1, -0.05) is 23.2 Å². The van der Waals surface area contributed by atoms with E-state index in [9.17, 15) is 14.0 Å². The second-order valence-corrected chi connectivity index (χ2v) is 5.91. The number of ether oxygens (including phenoxy) is 1. The van der Waals surface area contributed by atoms with Crippen LogP contribution in [0.15, 0.2) is 36.4 Å². The molecule has 0 amide bonds. The first-order valence-corrected chi connectivity index (χ1v) is 7.62. The van der Waals surface area contributed by atoms with Crippen molar-refractivity contribution in [2.24, 2.45) is 0 Å². The molecule has 0 atom stereocenters.